The Balaban J connectivity index is 1.83. The number of hydrogen-bond acceptors (Lipinski definition) is 4. The first kappa shape index (κ1) is 23.3. The summed E-state index contributed by atoms with van der Waals surface area (Å²) in [6.07, 6.45) is 1.05. The van der Waals surface area contributed by atoms with Crippen molar-refractivity contribution in [2.75, 3.05) is 33.9 Å². The van der Waals surface area contributed by atoms with E-state index >= 15 is 0 Å². The fraction of sp³-hybridized carbons (Fsp3) is 0.417. The predicted molar refractivity (Wildman–Crippen MR) is 118 cm³/mol. The normalized spacial score (nSPS) is 10.4. The molecule has 0 unspecified atom stereocenters. The molecule has 2 amide bonds. The molecule has 0 fully saturated rings. The van der Waals surface area contributed by atoms with E-state index < -0.39 is 0 Å². The second kappa shape index (κ2) is 11.9. The van der Waals surface area contributed by atoms with Crippen molar-refractivity contribution >= 4 is 11.8 Å². The van der Waals surface area contributed by atoms with Crippen molar-refractivity contribution in [3.05, 3.63) is 59.7 Å². The summed E-state index contributed by atoms with van der Waals surface area (Å²) in [4.78, 5) is 28.0. The molecule has 0 aliphatic carbocycles. The summed E-state index contributed by atoms with van der Waals surface area (Å²) in [5.41, 5.74) is 1.64. The van der Waals surface area contributed by atoms with Gasteiger partial charge in [-0.25, -0.2) is 0 Å². The molecule has 0 aliphatic heterocycles. The van der Waals surface area contributed by atoms with Crippen molar-refractivity contribution in [2.45, 2.75) is 33.2 Å². The molecule has 0 bridgehead atoms. The molecule has 162 valence electrons. The number of carbonyl (C=O) groups is 2. The molecule has 2 aromatic rings. The van der Waals surface area contributed by atoms with Gasteiger partial charge < -0.3 is 19.3 Å². The zero-order valence-electron chi connectivity index (χ0n) is 18.4. The fourth-order valence-corrected chi connectivity index (χ4v) is 3.02. The summed E-state index contributed by atoms with van der Waals surface area (Å²) in [5.74, 6) is 1.48. The van der Waals surface area contributed by atoms with Crippen LogP contribution in [0.25, 0.3) is 0 Å². The molecule has 0 saturated carbocycles. The van der Waals surface area contributed by atoms with E-state index in [4.69, 9.17) is 9.47 Å². The third-order valence-electron chi connectivity index (χ3n) is 4.66. The standard InChI is InChI=1S/C24H32N2O4/c1-5-26(18-19-13-15-20(16-14-19)24(28)25(3)4)23(27)12-9-17-30-22-11-8-7-10-21(22)29-6-2/h7-8,10-11,13-16H,5-6,9,12,17-18H2,1-4H3. The zero-order valence-corrected chi connectivity index (χ0v) is 18.4. The number of ether oxygens (including phenoxy) is 2. The van der Waals surface area contributed by atoms with E-state index in [1.54, 1.807) is 31.1 Å². The molecule has 0 heterocycles. The van der Waals surface area contributed by atoms with Crippen LogP contribution in [-0.4, -0.2) is 55.5 Å². The van der Waals surface area contributed by atoms with E-state index in [2.05, 4.69) is 0 Å². The van der Waals surface area contributed by atoms with Crippen LogP contribution in [0.2, 0.25) is 0 Å². The number of benzene rings is 2. The first-order valence-corrected chi connectivity index (χ1v) is 10.4. The average Bonchev–Trinajstić information content (AvgIpc) is 2.76. The van der Waals surface area contributed by atoms with Gasteiger partial charge in [0.15, 0.2) is 11.5 Å². The van der Waals surface area contributed by atoms with E-state index in [0.717, 1.165) is 11.3 Å². The van der Waals surface area contributed by atoms with Gasteiger partial charge in [-0.15, -0.1) is 0 Å². The van der Waals surface area contributed by atoms with E-state index in [1.807, 2.05) is 55.1 Å². The van der Waals surface area contributed by atoms with Crippen LogP contribution < -0.4 is 9.47 Å². The van der Waals surface area contributed by atoms with Gasteiger partial charge in [0.2, 0.25) is 5.91 Å². The Labute approximate surface area is 179 Å². The minimum absolute atomic E-state index is 0.0316. The zero-order chi connectivity index (χ0) is 21.9. The quantitative estimate of drug-likeness (QED) is 0.524. The Bertz CT molecular complexity index is 818. The molecule has 0 spiro atoms. The van der Waals surface area contributed by atoms with E-state index in [0.29, 0.717) is 50.5 Å². The van der Waals surface area contributed by atoms with Crippen molar-refractivity contribution in [3.8, 4) is 11.5 Å². The van der Waals surface area contributed by atoms with Gasteiger partial charge in [0.05, 0.1) is 13.2 Å². The van der Waals surface area contributed by atoms with Crippen molar-refractivity contribution in [3.63, 3.8) is 0 Å². The van der Waals surface area contributed by atoms with Crippen LogP contribution in [0.3, 0.4) is 0 Å². The Morgan fingerprint density at radius 1 is 0.900 bits per heavy atom. The second-order valence-corrected chi connectivity index (χ2v) is 7.14. The smallest absolute Gasteiger partial charge is 0.253 e. The highest BCUT2D eigenvalue weighted by atomic mass is 16.5. The summed E-state index contributed by atoms with van der Waals surface area (Å²) in [5, 5.41) is 0. The van der Waals surface area contributed by atoms with Gasteiger partial charge in [-0.1, -0.05) is 24.3 Å². The predicted octanol–water partition coefficient (Wildman–Crippen LogP) is 3.99. The molecule has 2 aromatic carbocycles. The van der Waals surface area contributed by atoms with Gasteiger partial charge in [-0.05, 0) is 50.1 Å². The van der Waals surface area contributed by atoms with Crippen molar-refractivity contribution < 1.29 is 19.1 Å². The Kier molecular flexibility index (Phi) is 9.19. The molecule has 6 heteroatoms. The van der Waals surface area contributed by atoms with Crippen molar-refractivity contribution in [1.82, 2.24) is 9.80 Å². The molecule has 0 atom stereocenters. The van der Waals surface area contributed by atoms with Crippen LogP contribution in [0.4, 0.5) is 0 Å². The van der Waals surface area contributed by atoms with Crippen LogP contribution in [0.5, 0.6) is 11.5 Å². The van der Waals surface area contributed by atoms with Crippen molar-refractivity contribution in [2.24, 2.45) is 0 Å². The molecular weight excluding hydrogens is 380 g/mol. The molecule has 0 radical (unpaired) electrons. The fourth-order valence-electron chi connectivity index (χ4n) is 3.02. The lowest BCUT2D eigenvalue weighted by atomic mass is 10.1. The number of amides is 2. The first-order chi connectivity index (χ1) is 14.5. The summed E-state index contributed by atoms with van der Waals surface area (Å²) < 4.78 is 11.3. The lowest BCUT2D eigenvalue weighted by molar-refractivity contribution is -0.131. The molecular formula is C24H32N2O4. The lowest BCUT2D eigenvalue weighted by Crippen LogP contribution is -2.30. The number of carbonyl (C=O) groups excluding carboxylic acids is 2. The molecule has 0 N–H and O–H groups in total. The summed E-state index contributed by atoms with van der Waals surface area (Å²) in [6.45, 7) is 6.09. The molecule has 2 rings (SSSR count). The van der Waals surface area contributed by atoms with Crippen molar-refractivity contribution in [1.29, 1.82) is 0 Å². The van der Waals surface area contributed by atoms with Crippen LogP contribution in [0.1, 0.15) is 42.6 Å². The minimum Gasteiger partial charge on any atom is -0.490 e. The van der Waals surface area contributed by atoms with E-state index in [9.17, 15) is 9.59 Å². The molecule has 0 aliphatic rings. The Morgan fingerprint density at radius 2 is 1.53 bits per heavy atom. The van der Waals surface area contributed by atoms with Crippen LogP contribution in [0, 0.1) is 0 Å². The van der Waals surface area contributed by atoms with Gasteiger partial charge in [0, 0.05) is 39.2 Å². The molecule has 0 aromatic heterocycles. The average molecular weight is 413 g/mol. The highest BCUT2D eigenvalue weighted by Gasteiger charge is 2.13. The van der Waals surface area contributed by atoms with Crippen LogP contribution >= 0.6 is 0 Å². The second-order valence-electron chi connectivity index (χ2n) is 7.14. The highest BCUT2D eigenvalue weighted by Crippen LogP contribution is 2.26. The van der Waals surface area contributed by atoms with Gasteiger partial charge in [0.1, 0.15) is 0 Å². The maximum atomic E-state index is 12.6. The van der Waals surface area contributed by atoms with E-state index in [1.165, 1.54) is 0 Å². The third kappa shape index (κ3) is 6.79. The molecule has 30 heavy (non-hydrogen) atoms. The number of rotatable bonds is 11. The number of nitrogens with zero attached hydrogens (tertiary/aromatic N) is 2. The Morgan fingerprint density at radius 3 is 2.10 bits per heavy atom. The monoisotopic (exact) mass is 412 g/mol. The van der Waals surface area contributed by atoms with Crippen LogP contribution in [0.15, 0.2) is 48.5 Å². The maximum absolute atomic E-state index is 12.6. The lowest BCUT2D eigenvalue weighted by Gasteiger charge is -2.21. The number of hydrogen-bond donors (Lipinski definition) is 0. The maximum Gasteiger partial charge on any atom is 0.253 e. The Hall–Kier alpha value is -3.02. The molecule has 0 saturated heterocycles. The van der Waals surface area contributed by atoms with Gasteiger partial charge in [0.25, 0.3) is 5.91 Å². The largest absolute Gasteiger partial charge is 0.490 e. The SMILES string of the molecule is CCOc1ccccc1OCCCC(=O)N(CC)Cc1ccc(C(=O)N(C)C)cc1. The van der Waals surface area contributed by atoms with Gasteiger partial charge in [-0.3, -0.25) is 9.59 Å². The number of para-hydroxylation sites is 2. The first-order valence-electron chi connectivity index (χ1n) is 10.4. The highest BCUT2D eigenvalue weighted by molar-refractivity contribution is 5.93. The third-order valence-corrected chi connectivity index (χ3v) is 4.66. The summed E-state index contributed by atoms with van der Waals surface area (Å²) in [7, 11) is 3.46. The van der Waals surface area contributed by atoms with Crippen LogP contribution in [-0.2, 0) is 11.3 Å². The van der Waals surface area contributed by atoms with E-state index in [-0.39, 0.29) is 11.8 Å². The minimum atomic E-state index is -0.0316. The molecule has 6 nitrogen and oxygen atoms in total. The summed E-state index contributed by atoms with van der Waals surface area (Å²) >= 11 is 0. The topological polar surface area (TPSA) is 59.1 Å². The van der Waals surface area contributed by atoms with Gasteiger partial charge >= 0.3 is 0 Å². The summed E-state index contributed by atoms with van der Waals surface area (Å²) in [6, 6.07) is 15.0. The van der Waals surface area contributed by atoms with Gasteiger partial charge in [-0.2, -0.15) is 0 Å².